The summed E-state index contributed by atoms with van der Waals surface area (Å²) in [6, 6.07) is 5.63. The maximum absolute atomic E-state index is 5.89. The molecule has 1 fully saturated rings. The molecule has 0 amide bonds. The highest BCUT2D eigenvalue weighted by atomic mass is 35.5. The highest BCUT2D eigenvalue weighted by molar-refractivity contribution is 6.31. The van der Waals surface area contributed by atoms with Crippen LogP contribution in [0.15, 0.2) is 18.2 Å². The molecule has 1 aliphatic carbocycles. The average Bonchev–Trinajstić information content (AvgIpc) is 2.33. The zero-order valence-electron chi connectivity index (χ0n) is 10.2. The second-order valence-corrected chi connectivity index (χ2v) is 5.39. The van der Waals surface area contributed by atoms with E-state index in [2.05, 4.69) is 5.32 Å². The normalized spacial score (nSPS) is 17.0. The number of rotatable bonds is 4. The number of nitrogen functional groups attached to an aromatic ring is 1. The molecule has 1 aliphatic rings. The van der Waals surface area contributed by atoms with Gasteiger partial charge in [0.2, 0.25) is 0 Å². The Kier molecular flexibility index (Phi) is 4.55. The number of hydrogen-bond acceptors (Lipinski definition) is 2. The molecular formula is C14H21ClN2. The fourth-order valence-corrected chi connectivity index (χ4v) is 2.76. The van der Waals surface area contributed by atoms with E-state index in [1.807, 2.05) is 12.1 Å². The molecule has 0 heterocycles. The van der Waals surface area contributed by atoms with Crippen LogP contribution in [-0.2, 0) is 0 Å². The van der Waals surface area contributed by atoms with Crippen LogP contribution in [0.5, 0.6) is 0 Å². The van der Waals surface area contributed by atoms with Gasteiger partial charge in [0.15, 0.2) is 0 Å². The number of halogens is 1. The van der Waals surface area contributed by atoms with Crippen LogP contribution in [0, 0.1) is 5.92 Å². The predicted octanol–water partition coefficient (Wildman–Crippen LogP) is 4.30. The molecule has 0 bridgehead atoms. The summed E-state index contributed by atoms with van der Waals surface area (Å²) in [5, 5.41) is 4.10. The molecule has 1 aromatic carbocycles. The minimum absolute atomic E-state index is 0.695. The Hall–Kier alpha value is -0.890. The van der Waals surface area contributed by atoms with Gasteiger partial charge >= 0.3 is 0 Å². The van der Waals surface area contributed by atoms with E-state index in [0.717, 1.165) is 23.8 Å². The van der Waals surface area contributed by atoms with Gasteiger partial charge < -0.3 is 11.1 Å². The van der Waals surface area contributed by atoms with Gasteiger partial charge in [-0.25, -0.2) is 0 Å². The molecule has 0 unspecified atom stereocenters. The monoisotopic (exact) mass is 252 g/mol. The van der Waals surface area contributed by atoms with Crippen molar-refractivity contribution in [3.05, 3.63) is 23.2 Å². The Morgan fingerprint density at radius 1 is 1.24 bits per heavy atom. The molecule has 0 aromatic heterocycles. The molecule has 0 atom stereocenters. The van der Waals surface area contributed by atoms with Gasteiger partial charge in [0.05, 0.1) is 11.4 Å². The van der Waals surface area contributed by atoms with Crippen LogP contribution in [0.1, 0.15) is 38.5 Å². The van der Waals surface area contributed by atoms with E-state index in [1.165, 1.54) is 38.5 Å². The number of nitrogens with one attached hydrogen (secondary N) is 1. The van der Waals surface area contributed by atoms with Crippen LogP contribution in [0.25, 0.3) is 0 Å². The Morgan fingerprint density at radius 3 is 2.71 bits per heavy atom. The third kappa shape index (κ3) is 3.81. The van der Waals surface area contributed by atoms with Crippen molar-refractivity contribution in [2.45, 2.75) is 38.5 Å². The van der Waals surface area contributed by atoms with Gasteiger partial charge in [0.25, 0.3) is 0 Å². The van der Waals surface area contributed by atoms with E-state index in [9.17, 15) is 0 Å². The van der Waals surface area contributed by atoms with E-state index < -0.39 is 0 Å². The molecule has 0 spiro atoms. The lowest BCUT2D eigenvalue weighted by atomic mass is 9.87. The van der Waals surface area contributed by atoms with Crippen molar-refractivity contribution in [3.8, 4) is 0 Å². The number of hydrogen-bond donors (Lipinski definition) is 2. The summed E-state index contributed by atoms with van der Waals surface area (Å²) < 4.78 is 0. The van der Waals surface area contributed by atoms with E-state index in [1.54, 1.807) is 6.07 Å². The molecule has 0 radical (unpaired) electrons. The quantitative estimate of drug-likeness (QED) is 0.784. The smallest absolute Gasteiger partial charge is 0.0574 e. The molecule has 3 heteroatoms. The number of benzene rings is 1. The predicted molar refractivity (Wildman–Crippen MR) is 75.5 cm³/mol. The molecule has 0 aliphatic heterocycles. The van der Waals surface area contributed by atoms with Crippen LogP contribution in [0.4, 0.5) is 11.4 Å². The van der Waals surface area contributed by atoms with E-state index in [-0.39, 0.29) is 0 Å². The first-order valence-corrected chi connectivity index (χ1v) is 6.92. The SMILES string of the molecule is Nc1cc(Cl)ccc1NCCC1CCCCC1. The van der Waals surface area contributed by atoms with Crippen LogP contribution in [0.2, 0.25) is 5.02 Å². The fraction of sp³-hybridized carbons (Fsp3) is 0.571. The summed E-state index contributed by atoms with van der Waals surface area (Å²) in [4.78, 5) is 0. The average molecular weight is 253 g/mol. The van der Waals surface area contributed by atoms with Crippen molar-refractivity contribution < 1.29 is 0 Å². The van der Waals surface area contributed by atoms with E-state index in [4.69, 9.17) is 17.3 Å². The highest BCUT2D eigenvalue weighted by Gasteiger charge is 2.12. The standard InChI is InChI=1S/C14H21ClN2/c15-12-6-7-14(13(16)10-12)17-9-8-11-4-2-1-3-5-11/h6-7,10-11,17H,1-5,8-9,16H2. The Labute approximate surface area is 109 Å². The molecule has 2 nitrogen and oxygen atoms in total. The van der Waals surface area contributed by atoms with Crippen molar-refractivity contribution >= 4 is 23.0 Å². The molecule has 3 N–H and O–H groups in total. The van der Waals surface area contributed by atoms with Crippen LogP contribution >= 0.6 is 11.6 Å². The zero-order valence-corrected chi connectivity index (χ0v) is 11.0. The van der Waals surface area contributed by atoms with E-state index >= 15 is 0 Å². The van der Waals surface area contributed by atoms with Gasteiger partial charge in [0, 0.05) is 11.6 Å². The van der Waals surface area contributed by atoms with Gasteiger partial charge in [-0.2, -0.15) is 0 Å². The lowest BCUT2D eigenvalue weighted by Crippen LogP contribution is -2.12. The van der Waals surface area contributed by atoms with Gasteiger partial charge in [-0.1, -0.05) is 43.7 Å². The first kappa shape index (κ1) is 12.6. The van der Waals surface area contributed by atoms with Crippen LogP contribution in [0.3, 0.4) is 0 Å². The first-order chi connectivity index (χ1) is 8.25. The van der Waals surface area contributed by atoms with Gasteiger partial charge in [-0.05, 0) is 30.5 Å². The molecule has 2 rings (SSSR count). The van der Waals surface area contributed by atoms with Crippen molar-refractivity contribution in [3.63, 3.8) is 0 Å². The first-order valence-electron chi connectivity index (χ1n) is 6.54. The highest BCUT2D eigenvalue weighted by Crippen LogP contribution is 2.27. The van der Waals surface area contributed by atoms with Crippen LogP contribution < -0.4 is 11.1 Å². The summed E-state index contributed by atoms with van der Waals surface area (Å²) in [6.07, 6.45) is 8.30. The van der Waals surface area contributed by atoms with Crippen molar-refractivity contribution in [2.24, 2.45) is 5.92 Å². The second kappa shape index (κ2) is 6.15. The molecule has 1 aromatic rings. The lowest BCUT2D eigenvalue weighted by molar-refractivity contribution is 0.345. The summed E-state index contributed by atoms with van der Waals surface area (Å²) in [5.41, 5.74) is 7.64. The fourth-order valence-electron chi connectivity index (χ4n) is 2.58. The van der Waals surface area contributed by atoms with Gasteiger partial charge in [0.1, 0.15) is 0 Å². The minimum Gasteiger partial charge on any atom is -0.397 e. The van der Waals surface area contributed by atoms with Crippen LogP contribution in [-0.4, -0.2) is 6.54 Å². The second-order valence-electron chi connectivity index (χ2n) is 4.95. The molecule has 1 saturated carbocycles. The van der Waals surface area contributed by atoms with E-state index in [0.29, 0.717) is 5.02 Å². The lowest BCUT2D eigenvalue weighted by Gasteiger charge is -2.21. The maximum atomic E-state index is 5.89. The third-order valence-electron chi connectivity index (χ3n) is 3.61. The molecule has 94 valence electrons. The minimum atomic E-state index is 0.695. The molecule has 0 saturated heterocycles. The zero-order chi connectivity index (χ0) is 12.1. The third-order valence-corrected chi connectivity index (χ3v) is 3.84. The topological polar surface area (TPSA) is 38.0 Å². The summed E-state index contributed by atoms with van der Waals surface area (Å²) in [5.74, 6) is 0.907. The Bertz CT molecular complexity index is 359. The van der Waals surface area contributed by atoms with Crippen molar-refractivity contribution in [1.82, 2.24) is 0 Å². The molecule has 17 heavy (non-hydrogen) atoms. The van der Waals surface area contributed by atoms with Crippen molar-refractivity contribution in [1.29, 1.82) is 0 Å². The summed E-state index contributed by atoms with van der Waals surface area (Å²) in [6.45, 7) is 1.01. The summed E-state index contributed by atoms with van der Waals surface area (Å²) >= 11 is 5.86. The Morgan fingerprint density at radius 2 is 2.00 bits per heavy atom. The van der Waals surface area contributed by atoms with Gasteiger partial charge in [-0.15, -0.1) is 0 Å². The maximum Gasteiger partial charge on any atom is 0.0574 e. The van der Waals surface area contributed by atoms with Gasteiger partial charge in [-0.3, -0.25) is 0 Å². The Balaban J connectivity index is 1.77. The largest absolute Gasteiger partial charge is 0.397 e. The van der Waals surface area contributed by atoms with Crippen molar-refractivity contribution in [2.75, 3.05) is 17.6 Å². The number of anilines is 2. The summed E-state index contributed by atoms with van der Waals surface area (Å²) in [7, 11) is 0. The molecular weight excluding hydrogens is 232 g/mol. The number of nitrogens with two attached hydrogens (primary N) is 1.